The quantitative estimate of drug-likeness (QED) is 0.564. The number of Topliss-reactive ketones (excluding diaryl/α,β-unsaturated/α-hetero) is 1. The average Bonchev–Trinajstić information content (AvgIpc) is 3.34. The zero-order valence-electron chi connectivity index (χ0n) is 16.0. The number of hydrogen-bond donors (Lipinski definition) is 1. The van der Waals surface area contributed by atoms with E-state index in [0.29, 0.717) is 32.4 Å². The standard InChI is InChI=1S/C20H27N5O3/c26-18(14-16-8-4-3-5-9-16)12-11-17-15-28-20(27)25(17)13-7-2-1-6-10-19-21-23-24-22-19/h3-5,8-9,17H,1-2,6-7,10-15H2,(H,21,22,23,24). The van der Waals surface area contributed by atoms with Crippen LogP contribution in [0.25, 0.3) is 0 Å². The van der Waals surface area contributed by atoms with Crippen molar-refractivity contribution in [2.24, 2.45) is 0 Å². The molecule has 1 saturated heterocycles. The van der Waals surface area contributed by atoms with Gasteiger partial charge in [-0.15, -0.1) is 5.10 Å². The summed E-state index contributed by atoms with van der Waals surface area (Å²) < 4.78 is 5.21. The first-order valence-corrected chi connectivity index (χ1v) is 9.94. The van der Waals surface area contributed by atoms with E-state index in [1.807, 2.05) is 30.3 Å². The Morgan fingerprint density at radius 3 is 2.79 bits per heavy atom. The number of nitrogens with one attached hydrogen (secondary N) is 1. The molecule has 150 valence electrons. The van der Waals surface area contributed by atoms with Crippen LogP contribution in [0.15, 0.2) is 30.3 Å². The minimum Gasteiger partial charge on any atom is -0.447 e. The van der Waals surface area contributed by atoms with E-state index in [9.17, 15) is 9.59 Å². The second-order valence-electron chi connectivity index (χ2n) is 7.18. The van der Waals surface area contributed by atoms with E-state index in [2.05, 4.69) is 20.6 Å². The number of H-pyrrole nitrogens is 1. The highest BCUT2D eigenvalue weighted by Crippen LogP contribution is 2.19. The minimum atomic E-state index is -0.256. The van der Waals surface area contributed by atoms with Gasteiger partial charge in [0.25, 0.3) is 0 Å². The Morgan fingerprint density at radius 2 is 2.00 bits per heavy atom. The molecule has 0 bridgehead atoms. The van der Waals surface area contributed by atoms with Gasteiger partial charge in [-0.2, -0.15) is 0 Å². The molecule has 1 aliphatic rings. The van der Waals surface area contributed by atoms with E-state index in [1.54, 1.807) is 4.90 Å². The molecule has 1 aromatic carbocycles. The molecule has 8 heteroatoms. The van der Waals surface area contributed by atoms with Crippen molar-refractivity contribution in [1.82, 2.24) is 25.5 Å². The molecule has 1 N–H and O–H groups in total. The second-order valence-corrected chi connectivity index (χ2v) is 7.18. The third-order valence-corrected chi connectivity index (χ3v) is 5.03. The Bertz CT molecular complexity index is 736. The number of ketones is 1. The summed E-state index contributed by atoms with van der Waals surface area (Å²) in [6.07, 6.45) is 6.20. The van der Waals surface area contributed by atoms with Crippen molar-refractivity contribution < 1.29 is 14.3 Å². The molecule has 1 atom stereocenters. The predicted molar refractivity (Wildman–Crippen MR) is 103 cm³/mol. The van der Waals surface area contributed by atoms with Crippen molar-refractivity contribution in [2.75, 3.05) is 13.2 Å². The summed E-state index contributed by atoms with van der Waals surface area (Å²) in [5.41, 5.74) is 1.03. The van der Waals surface area contributed by atoms with E-state index in [0.717, 1.165) is 43.5 Å². The van der Waals surface area contributed by atoms with Gasteiger partial charge in [0.2, 0.25) is 0 Å². The molecule has 8 nitrogen and oxygen atoms in total. The van der Waals surface area contributed by atoms with Crippen molar-refractivity contribution in [3.63, 3.8) is 0 Å². The first-order chi connectivity index (χ1) is 13.7. The third-order valence-electron chi connectivity index (χ3n) is 5.03. The number of ether oxygens (including phenoxy) is 1. The fourth-order valence-corrected chi connectivity index (χ4v) is 3.45. The lowest BCUT2D eigenvalue weighted by molar-refractivity contribution is -0.118. The summed E-state index contributed by atoms with van der Waals surface area (Å²) in [6, 6.07) is 9.76. The molecule has 3 rings (SSSR count). The van der Waals surface area contributed by atoms with Crippen molar-refractivity contribution in [3.8, 4) is 0 Å². The third kappa shape index (κ3) is 6.14. The Labute approximate surface area is 164 Å². The maximum atomic E-state index is 12.2. The molecule has 0 saturated carbocycles. The molecular formula is C20H27N5O3. The van der Waals surface area contributed by atoms with Crippen LogP contribution in [0, 0.1) is 0 Å². The van der Waals surface area contributed by atoms with E-state index < -0.39 is 0 Å². The topological polar surface area (TPSA) is 101 Å². The van der Waals surface area contributed by atoms with Crippen LogP contribution in [-0.4, -0.2) is 56.6 Å². The molecule has 2 aromatic rings. The van der Waals surface area contributed by atoms with E-state index >= 15 is 0 Å². The van der Waals surface area contributed by atoms with Crippen molar-refractivity contribution in [2.45, 2.75) is 57.4 Å². The van der Waals surface area contributed by atoms with Gasteiger partial charge in [0.05, 0.1) is 6.04 Å². The molecule has 1 unspecified atom stereocenters. The van der Waals surface area contributed by atoms with Crippen molar-refractivity contribution >= 4 is 11.9 Å². The van der Waals surface area contributed by atoms with Crippen LogP contribution >= 0.6 is 0 Å². The molecule has 1 amide bonds. The zero-order chi connectivity index (χ0) is 19.6. The number of hydrogen-bond acceptors (Lipinski definition) is 6. The number of carbonyl (C=O) groups is 2. The normalized spacial score (nSPS) is 16.4. The molecule has 1 fully saturated rings. The van der Waals surface area contributed by atoms with Crippen LogP contribution in [0.4, 0.5) is 4.79 Å². The van der Waals surface area contributed by atoms with Crippen LogP contribution in [-0.2, 0) is 22.4 Å². The first kappa shape index (κ1) is 20.0. The fourth-order valence-electron chi connectivity index (χ4n) is 3.45. The van der Waals surface area contributed by atoms with Gasteiger partial charge in [-0.1, -0.05) is 43.2 Å². The van der Waals surface area contributed by atoms with Gasteiger partial charge in [0, 0.05) is 25.8 Å². The van der Waals surface area contributed by atoms with Gasteiger partial charge >= 0.3 is 6.09 Å². The van der Waals surface area contributed by atoms with Gasteiger partial charge in [-0.05, 0) is 35.3 Å². The van der Waals surface area contributed by atoms with Crippen LogP contribution in [0.2, 0.25) is 0 Å². The summed E-state index contributed by atoms with van der Waals surface area (Å²) in [7, 11) is 0. The molecule has 0 radical (unpaired) electrons. The van der Waals surface area contributed by atoms with Gasteiger partial charge in [-0.25, -0.2) is 9.89 Å². The van der Waals surface area contributed by atoms with Gasteiger partial charge in [0.1, 0.15) is 18.2 Å². The predicted octanol–water partition coefficient (Wildman–Crippen LogP) is 2.72. The number of tetrazole rings is 1. The summed E-state index contributed by atoms with van der Waals surface area (Å²) in [5, 5.41) is 13.7. The van der Waals surface area contributed by atoms with Crippen LogP contribution in [0.1, 0.15) is 49.9 Å². The van der Waals surface area contributed by atoms with Crippen molar-refractivity contribution in [1.29, 1.82) is 0 Å². The Kier molecular flexibility index (Phi) is 7.52. The number of carbonyl (C=O) groups excluding carboxylic acids is 2. The summed E-state index contributed by atoms with van der Waals surface area (Å²) in [4.78, 5) is 26.0. The Hall–Kier alpha value is -2.77. The number of rotatable bonds is 12. The van der Waals surface area contributed by atoms with Crippen molar-refractivity contribution in [3.05, 3.63) is 41.7 Å². The number of cyclic esters (lactones) is 1. The second kappa shape index (κ2) is 10.5. The van der Waals surface area contributed by atoms with Gasteiger partial charge in [-0.3, -0.25) is 4.79 Å². The van der Waals surface area contributed by atoms with Crippen LogP contribution in [0.5, 0.6) is 0 Å². The van der Waals surface area contributed by atoms with Gasteiger partial charge < -0.3 is 9.64 Å². The highest BCUT2D eigenvalue weighted by atomic mass is 16.6. The number of unbranched alkanes of at least 4 members (excludes halogenated alkanes) is 3. The highest BCUT2D eigenvalue weighted by molar-refractivity contribution is 5.81. The first-order valence-electron chi connectivity index (χ1n) is 9.94. The molecule has 1 aliphatic heterocycles. The van der Waals surface area contributed by atoms with Crippen LogP contribution in [0.3, 0.4) is 0 Å². The summed E-state index contributed by atoms with van der Waals surface area (Å²) >= 11 is 0. The lowest BCUT2D eigenvalue weighted by atomic mass is 10.0. The fraction of sp³-hybridized carbons (Fsp3) is 0.550. The molecule has 28 heavy (non-hydrogen) atoms. The molecule has 0 spiro atoms. The summed E-state index contributed by atoms with van der Waals surface area (Å²) in [6.45, 7) is 1.07. The molecule has 2 heterocycles. The molecule has 0 aliphatic carbocycles. The lowest BCUT2D eigenvalue weighted by Gasteiger charge is -2.21. The van der Waals surface area contributed by atoms with E-state index in [1.165, 1.54) is 0 Å². The Morgan fingerprint density at radius 1 is 1.18 bits per heavy atom. The lowest BCUT2D eigenvalue weighted by Crippen LogP contribution is -2.34. The smallest absolute Gasteiger partial charge is 0.410 e. The molecular weight excluding hydrogens is 358 g/mol. The van der Waals surface area contributed by atoms with E-state index in [4.69, 9.17) is 4.74 Å². The number of aryl methyl sites for hydroxylation is 1. The highest BCUT2D eigenvalue weighted by Gasteiger charge is 2.32. The maximum absolute atomic E-state index is 12.2. The van der Waals surface area contributed by atoms with Crippen LogP contribution < -0.4 is 0 Å². The monoisotopic (exact) mass is 385 g/mol. The number of amides is 1. The van der Waals surface area contributed by atoms with Gasteiger partial charge in [0.15, 0.2) is 0 Å². The largest absolute Gasteiger partial charge is 0.447 e. The maximum Gasteiger partial charge on any atom is 0.410 e. The number of aromatic amines is 1. The molecule has 1 aromatic heterocycles. The minimum absolute atomic E-state index is 0.00694. The SMILES string of the molecule is O=C(CCC1COC(=O)N1CCCCCCc1nnn[nH]1)Cc1ccccc1. The number of benzene rings is 1. The summed E-state index contributed by atoms with van der Waals surface area (Å²) in [5.74, 6) is 1.01. The number of aromatic nitrogens is 4. The number of nitrogens with zero attached hydrogens (tertiary/aromatic N) is 4. The average molecular weight is 385 g/mol. The zero-order valence-corrected chi connectivity index (χ0v) is 16.0. The van der Waals surface area contributed by atoms with E-state index in [-0.39, 0.29) is 17.9 Å². The Balaban J connectivity index is 1.32.